The fourth-order valence-electron chi connectivity index (χ4n) is 5.55. The van der Waals surface area contributed by atoms with Crippen molar-refractivity contribution in [1.29, 1.82) is 0 Å². The number of thioether (sulfide) groups is 1. The van der Waals surface area contributed by atoms with Crippen LogP contribution in [0.3, 0.4) is 0 Å². The summed E-state index contributed by atoms with van der Waals surface area (Å²) in [6.07, 6.45) is 2.59. The standard InChI is InChI=1S/C27H30F2N8O3S2/c28-18-14-19(29)22(40-17-3-12-42(38)13-4-17)15-20(18)35-8-5-34(6-9-35)7-10-36-16-41-23-25(36)32-27(30)37-26(23)31-24(33-37)21-2-1-11-39-21/h1-2,11,14-15,17H,3-10,12-13,16H2,(H2,30,32). The van der Waals surface area contributed by atoms with Gasteiger partial charge in [-0.05, 0) is 12.1 Å². The average molecular weight is 617 g/mol. The molecule has 1 aromatic carbocycles. The van der Waals surface area contributed by atoms with Crippen LogP contribution in [0.15, 0.2) is 39.8 Å². The van der Waals surface area contributed by atoms with Crippen LogP contribution in [-0.4, -0.2) is 91.8 Å². The molecule has 3 aliphatic heterocycles. The number of benzene rings is 1. The lowest BCUT2D eigenvalue weighted by Gasteiger charge is -2.37. The largest absolute Gasteiger partial charge is 0.616 e. The number of nitrogen functional groups attached to an aromatic ring is 1. The number of hydrogen-bond acceptors (Lipinski definition) is 11. The van der Waals surface area contributed by atoms with Crippen molar-refractivity contribution in [2.45, 2.75) is 23.8 Å². The van der Waals surface area contributed by atoms with Crippen LogP contribution >= 0.6 is 11.8 Å². The third-order valence-electron chi connectivity index (χ3n) is 7.89. The number of hydrogen-bond donors (Lipinski definition) is 1. The lowest BCUT2D eigenvalue weighted by molar-refractivity contribution is 0.181. The van der Waals surface area contributed by atoms with E-state index in [0.29, 0.717) is 60.4 Å². The van der Waals surface area contributed by atoms with Crippen molar-refractivity contribution in [3.63, 3.8) is 0 Å². The van der Waals surface area contributed by atoms with Gasteiger partial charge in [-0.25, -0.2) is 13.8 Å². The lowest BCUT2D eigenvalue weighted by Crippen LogP contribution is -2.48. The number of piperazine rings is 1. The molecule has 222 valence electrons. The summed E-state index contributed by atoms with van der Waals surface area (Å²) in [5.41, 5.74) is 7.26. The molecular formula is C27H30F2N8O3S2. The summed E-state index contributed by atoms with van der Waals surface area (Å²) in [7, 11) is 0. The summed E-state index contributed by atoms with van der Waals surface area (Å²) in [6.45, 7) is 4.24. The molecule has 42 heavy (non-hydrogen) atoms. The van der Waals surface area contributed by atoms with Gasteiger partial charge in [-0.2, -0.15) is 9.50 Å². The molecule has 7 rings (SSSR count). The Balaban J connectivity index is 0.977. The summed E-state index contributed by atoms with van der Waals surface area (Å²) >= 11 is 0.819. The second kappa shape index (κ2) is 11.4. The Hall–Kier alpha value is -3.27. The van der Waals surface area contributed by atoms with Gasteiger partial charge in [0, 0.05) is 64.2 Å². The maximum Gasteiger partial charge on any atom is 0.225 e. The zero-order valence-electron chi connectivity index (χ0n) is 22.7. The van der Waals surface area contributed by atoms with Crippen molar-refractivity contribution in [3.05, 3.63) is 42.2 Å². The summed E-state index contributed by atoms with van der Waals surface area (Å²) in [5, 5.41) is 4.47. The smallest absolute Gasteiger partial charge is 0.225 e. The van der Waals surface area contributed by atoms with Gasteiger partial charge in [0.25, 0.3) is 0 Å². The minimum atomic E-state index is -0.834. The molecule has 2 saturated heterocycles. The zero-order valence-corrected chi connectivity index (χ0v) is 24.4. The predicted molar refractivity (Wildman–Crippen MR) is 158 cm³/mol. The van der Waals surface area contributed by atoms with E-state index in [9.17, 15) is 13.3 Å². The van der Waals surface area contributed by atoms with Crippen LogP contribution in [0, 0.1) is 11.6 Å². The third kappa shape index (κ3) is 5.34. The van der Waals surface area contributed by atoms with Crippen LogP contribution in [0.25, 0.3) is 17.2 Å². The van der Waals surface area contributed by atoms with Gasteiger partial charge in [-0.3, -0.25) is 4.90 Å². The number of aromatic nitrogens is 4. The van der Waals surface area contributed by atoms with Crippen molar-refractivity contribution in [1.82, 2.24) is 24.5 Å². The molecule has 3 aromatic heterocycles. The number of anilines is 3. The normalized spacial score (nSPS) is 21.3. The SMILES string of the molecule is Nc1nc2c(c3nc(-c4ccco4)nn13)SCN2CCN1CCN(c2cc(OC3CC[S+]([O-])CC3)c(F)cc2F)CC1. The monoisotopic (exact) mass is 616 g/mol. The van der Waals surface area contributed by atoms with E-state index in [2.05, 4.69) is 24.9 Å². The third-order valence-corrected chi connectivity index (χ3v) is 10.4. The molecule has 11 nitrogen and oxygen atoms in total. The van der Waals surface area contributed by atoms with Crippen LogP contribution in [0.2, 0.25) is 0 Å². The molecule has 2 fully saturated rings. The van der Waals surface area contributed by atoms with Crippen LogP contribution in [0.5, 0.6) is 5.75 Å². The number of rotatable bonds is 7. The molecule has 4 aromatic rings. The number of furan rings is 1. The molecule has 0 radical (unpaired) electrons. The van der Waals surface area contributed by atoms with Gasteiger partial charge < -0.3 is 29.2 Å². The molecule has 0 spiro atoms. The van der Waals surface area contributed by atoms with Gasteiger partial charge in [0.2, 0.25) is 11.8 Å². The summed E-state index contributed by atoms with van der Waals surface area (Å²) in [4.78, 5) is 16.7. The van der Waals surface area contributed by atoms with Crippen LogP contribution < -0.4 is 20.3 Å². The second-order valence-corrected chi connectivity index (χ2v) is 13.2. The fourth-order valence-corrected chi connectivity index (χ4v) is 7.91. The molecule has 0 atom stereocenters. The van der Waals surface area contributed by atoms with Gasteiger partial charge in [-0.15, -0.1) is 5.10 Å². The molecule has 0 amide bonds. The van der Waals surface area contributed by atoms with Crippen molar-refractivity contribution in [2.24, 2.45) is 0 Å². The molecule has 15 heteroatoms. The van der Waals surface area contributed by atoms with Crippen molar-refractivity contribution in [2.75, 3.05) is 72.2 Å². The Morgan fingerprint density at radius 1 is 1.10 bits per heavy atom. The van der Waals surface area contributed by atoms with E-state index in [0.717, 1.165) is 48.8 Å². The first-order valence-corrected chi connectivity index (χ1v) is 16.4. The molecular weight excluding hydrogens is 586 g/mol. The van der Waals surface area contributed by atoms with E-state index in [4.69, 9.17) is 14.9 Å². The zero-order chi connectivity index (χ0) is 28.8. The minimum Gasteiger partial charge on any atom is -0.616 e. The number of ether oxygens (including phenoxy) is 1. The number of nitrogens with two attached hydrogens (primary N) is 1. The van der Waals surface area contributed by atoms with E-state index in [1.807, 2.05) is 4.90 Å². The average Bonchev–Trinajstić information content (AvgIpc) is 3.75. The quantitative estimate of drug-likeness (QED) is 0.308. The van der Waals surface area contributed by atoms with E-state index >= 15 is 0 Å². The maximum atomic E-state index is 14.8. The maximum absolute atomic E-state index is 14.8. The first kappa shape index (κ1) is 27.6. The highest BCUT2D eigenvalue weighted by molar-refractivity contribution is 8.00. The predicted octanol–water partition coefficient (Wildman–Crippen LogP) is 3.23. The van der Waals surface area contributed by atoms with E-state index in [-0.39, 0.29) is 17.8 Å². The topological polar surface area (TPSA) is 124 Å². The fraction of sp³-hybridized carbons (Fsp3) is 0.444. The molecule has 0 unspecified atom stereocenters. The van der Waals surface area contributed by atoms with E-state index in [1.54, 1.807) is 34.7 Å². The van der Waals surface area contributed by atoms with Gasteiger partial charge in [0.15, 0.2) is 28.8 Å². The van der Waals surface area contributed by atoms with Crippen LogP contribution in [0.1, 0.15) is 12.8 Å². The van der Waals surface area contributed by atoms with Gasteiger partial charge in [0.05, 0.1) is 22.7 Å². The van der Waals surface area contributed by atoms with Crippen molar-refractivity contribution < 1.29 is 22.5 Å². The summed E-state index contributed by atoms with van der Waals surface area (Å²) in [5.74, 6) is 2.66. The molecule has 0 bridgehead atoms. The highest BCUT2D eigenvalue weighted by Crippen LogP contribution is 2.40. The van der Waals surface area contributed by atoms with E-state index < -0.39 is 22.8 Å². The highest BCUT2D eigenvalue weighted by Gasteiger charge is 2.30. The Bertz CT molecular complexity index is 1570. The lowest BCUT2D eigenvalue weighted by atomic mass is 10.2. The number of fused-ring (bicyclic) bond motifs is 3. The molecule has 6 heterocycles. The number of halogens is 2. The van der Waals surface area contributed by atoms with E-state index in [1.165, 1.54) is 6.07 Å². The second-order valence-electron chi connectivity index (χ2n) is 10.5. The van der Waals surface area contributed by atoms with Crippen molar-refractivity contribution in [3.8, 4) is 17.3 Å². The van der Waals surface area contributed by atoms with Crippen LogP contribution in [-0.2, 0) is 11.2 Å². The summed E-state index contributed by atoms with van der Waals surface area (Å²) in [6, 6.07) is 5.97. The molecule has 2 N–H and O–H groups in total. The van der Waals surface area contributed by atoms with Gasteiger partial charge in [-0.1, -0.05) is 22.9 Å². The van der Waals surface area contributed by atoms with Crippen molar-refractivity contribution >= 4 is 46.0 Å². The molecule has 3 aliphatic rings. The Kier molecular flexibility index (Phi) is 7.50. The highest BCUT2D eigenvalue weighted by atomic mass is 32.2. The Labute approximate surface area is 248 Å². The van der Waals surface area contributed by atoms with Crippen LogP contribution in [0.4, 0.5) is 26.2 Å². The van der Waals surface area contributed by atoms with Gasteiger partial charge in [0.1, 0.15) is 23.4 Å². The number of nitrogens with zero attached hydrogens (tertiary/aromatic N) is 7. The Morgan fingerprint density at radius 3 is 2.67 bits per heavy atom. The summed E-state index contributed by atoms with van der Waals surface area (Å²) < 4.78 is 53.9. The van der Waals surface area contributed by atoms with Gasteiger partial charge >= 0.3 is 0 Å². The first-order valence-electron chi connectivity index (χ1n) is 13.9. The molecule has 0 aliphatic carbocycles. The minimum absolute atomic E-state index is 0.0570. The first-order chi connectivity index (χ1) is 20.4. The Morgan fingerprint density at radius 2 is 1.90 bits per heavy atom. The molecule has 0 saturated carbocycles.